The summed E-state index contributed by atoms with van der Waals surface area (Å²) < 4.78 is 5.08. The summed E-state index contributed by atoms with van der Waals surface area (Å²) in [5.41, 5.74) is 0.997. The molecule has 0 saturated heterocycles. The quantitative estimate of drug-likeness (QED) is 0.785. The Morgan fingerprint density at radius 2 is 1.60 bits per heavy atom. The summed E-state index contributed by atoms with van der Waals surface area (Å²) >= 11 is 0. The Bertz CT molecular complexity index is 550. The summed E-state index contributed by atoms with van der Waals surface area (Å²) in [5, 5.41) is 5.32. The third-order valence-electron chi connectivity index (χ3n) is 2.69. The summed E-state index contributed by atoms with van der Waals surface area (Å²) in [7, 11) is 0. The molecule has 2 amide bonds. The molecular formula is C15H16N2O3. The Balaban J connectivity index is 1.67. The molecule has 1 aromatic heterocycles. The van der Waals surface area contributed by atoms with Crippen LogP contribution in [-0.2, 0) is 22.7 Å². The molecule has 1 heterocycles. The van der Waals surface area contributed by atoms with E-state index in [1.165, 1.54) is 6.26 Å². The summed E-state index contributed by atoms with van der Waals surface area (Å²) in [6.45, 7) is 0.711. The first-order chi connectivity index (χ1) is 9.74. The fourth-order valence-electron chi connectivity index (χ4n) is 1.67. The molecule has 1 aromatic carbocycles. The van der Waals surface area contributed by atoms with Crippen LogP contribution in [0, 0.1) is 0 Å². The number of hydrogen-bond acceptors (Lipinski definition) is 3. The van der Waals surface area contributed by atoms with E-state index in [0.29, 0.717) is 12.3 Å². The molecule has 0 spiro atoms. The second-order valence-electron chi connectivity index (χ2n) is 4.30. The second kappa shape index (κ2) is 7.13. The highest BCUT2D eigenvalue weighted by atomic mass is 16.3. The zero-order chi connectivity index (χ0) is 14.2. The molecule has 0 aliphatic carbocycles. The van der Waals surface area contributed by atoms with Gasteiger partial charge in [0.2, 0.25) is 11.8 Å². The molecule has 0 aliphatic rings. The molecule has 20 heavy (non-hydrogen) atoms. The summed E-state index contributed by atoms with van der Waals surface area (Å²) in [4.78, 5) is 23.1. The maximum absolute atomic E-state index is 11.6. The zero-order valence-corrected chi connectivity index (χ0v) is 11.0. The smallest absolute Gasteiger partial charge is 0.229 e. The van der Waals surface area contributed by atoms with Crippen molar-refractivity contribution in [2.45, 2.75) is 19.5 Å². The minimum absolute atomic E-state index is 0.187. The standard InChI is InChI=1S/C15H16N2O3/c18-14(16-10-12-5-2-1-3-6-12)9-15(19)17-11-13-7-4-8-20-13/h1-8H,9-11H2,(H,16,18)(H,17,19). The molecule has 0 radical (unpaired) electrons. The van der Waals surface area contributed by atoms with Gasteiger partial charge >= 0.3 is 0 Å². The third kappa shape index (κ3) is 4.61. The molecule has 5 nitrogen and oxygen atoms in total. The SMILES string of the molecule is O=C(CC(=O)NCc1ccco1)NCc1ccccc1. The van der Waals surface area contributed by atoms with Gasteiger partial charge in [0.25, 0.3) is 0 Å². The van der Waals surface area contributed by atoms with Crippen LogP contribution in [0.3, 0.4) is 0 Å². The van der Waals surface area contributed by atoms with Crippen molar-refractivity contribution in [2.24, 2.45) is 0 Å². The van der Waals surface area contributed by atoms with Crippen molar-refractivity contribution in [3.63, 3.8) is 0 Å². The molecule has 104 valence electrons. The molecule has 0 atom stereocenters. The number of nitrogens with one attached hydrogen (secondary N) is 2. The number of carbonyl (C=O) groups is 2. The van der Waals surface area contributed by atoms with E-state index >= 15 is 0 Å². The van der Waals surface area contributed by atoms with Crippen molar-refractivity contribution < 1.29 is 14.0 Å². The first-order valence-corrected chi connectivity index (χ1v) is 6.34. The van der Waals surface area contributed by atoms with Gasteiger partial charge in [-0.15, -0.1) is 0 Å². The van der Waals surface area contributed by atoms with Crippen molar-refractivity contribution in [1.82, 2.24) is 10.6 Å². The van der Waals surface area contributed by atoms with E-state index in [0.717, 1.165) is 5.56 Å². The van der Waals surface area contributed by atoms with E-state index in [4.69, 9.17) is 4.42 Å². The molecule has 0 bridgehead atoms. The van der Waals surface area contributed by atoms with Crippen molar-refractivity contribution in [2.75, 3.05) is 0 Å². The predicted octanol–water partition coefficient (Wildman–Crippen LogP) is 1.60. The van der Waals surface area contributed by atoms with Gasteiger partial charge in [-0.1, -0.05) is 30.3 Å². The van der Waals surface area contributed by atoms with E-state index < -0.39 is 0 Å². The van der Waals surface area contributed by atoms with Crippen LogP contribution in [0.1, 0.15) is 17.7 Å². The second-order valence-corrected chi connectivity index (χ2v) is 4.30. The first-order valence-electron chi connectivity index (χ1n) is 6.34. The molecule has 0 fully saturated rings. The van der Waals surface area contributed by atoms with Crippen LogP contribution in [0.2, 0.25) is 0 Å². The van der Waals surface area contributed by atoms with Crippen LogP contribution in [0.5, 0.6) is 0 Å². The predicted molar refractivity (Wildman–Crippen MR) is 73.5 cm³/mol. The average molecular weight is 272 g/mol. The minimum atomic E-state index is -0.327. The van der Waals surface area contributed by atoms with Crippen LogP contribution in [-0.4, -0.2) is 11.8 Å². The maximum atomic E-state index is 11.6. The van der Waals surface area contributed by atoms with Crippen molar-refractivity contribution >= 4 is 11.8 Å². The zero-order valence-electron chi connectivity index (χ0n) is 11.0. The van der Waals surface area contributed by atoms with E-state index in [2.05, 4.69) is 10.6 Å². The van der Waals surface area contributed by atoms with Gasteiger partial charge in [0, 0.05) is 6.54 Å². The summed E-state index contributed by atoms with van der Waals surface area (Å²) in [5.74, 6) is 0.0285. The van der Waals surface area contributed by atoms with Gasteiger partial charge in [-0.05, 0) is 17.7 Å². The lowest BCUT2D eigenvalue weighted by Gasteiger charge is -2.05. The Morgan fingerprint density at radius 1 is 0.900 bits per heavy atom. The Morgan fingerprint density at radius 3 is 2.25 bits per heavy atom. The van der Waals surface area contributed by atoms with E-state index in [1.54, 1.807) is 12.1 Å². The van der Waals surface area contributed by atoms with Crippen LogP contribution >= 0.6 is 0 Å². The molecule has 0 aliphatic heterocycles. The number of carbonyl (C=O) groups excluding carboxylic acids is 2. The number of rotatable bonds is 6. The van der Waals surface area contributed by atoms with Gasteiger partial charge in [-0.3, -0.25) is 9.59 Å². The molecule has 2 aromatic rings. The summed E-state index contributed by atoms with van der Waals surface area (Å²) in [6, 6.07) is 13.0. The highest BCUT2D eigenvalue weighted by Crippen LogP contribution is 1.99. The highest BCUT2D eigenvalue weighted by Gasteiger charge is 2.09. The van der Waals surface area contributed by atoms with Crippen LogP contribution in [0.4, 0.5) is 0 Å². The molecule has 0 saturated carbocycles. The summed E-state index contributed by atoms with van der Waals surface area (Å²) in [6.07, 6.45) is 1.35. The lowest BCUT2D eigenvalue weighted by atomic mass is 10.2. The maximum Gasteiger partial charge on any atom is 0.229 e. The number of benzene rings is 1. The lowest BCUT2D eigenvalue weighted by Crippen LogP contribution is -2.31. The van der Waals surface area contributed by atoms with Crippen molar-refractivity contribution in [1.29, 1.82) is 0 Å². The van der Waals surface area contributed by atoms with Crippen molar-refractivity contribution in [3.05, 3.63) is 60.1 Å². The van der Waals surface area contributed by atoms with E-state index in [9.17, 15) is 9.59 Å². The lowest BCUT2D eigenvalue weighted by molar-refractivity contribution is -0.129. The van der Waals surface area contributed by atoms with Gasteiger partial charge in [0.1, 0.15) is 12.2 Å². The minimum Gasteiger partial charge on any atom is -0.467 e. The van der Waals surface area contributed by atoms with Gasteiger partial charge in [0.15, 0.2) is 0 Å². The van der Waals surface area contributed by atoms with Gasteiger partial charge in [-0.2, -0.15) is 0 Å². The number of furan rings is 1. The van der Waals surface area contributed by atoms with Crippen LogP contribution < -0.4 is 10.6 Å². The fourth-order valence-corrected chi connectivity index (χ4v) is 1.67. The Hall–Kier alpha value is -2.56. The van der Waals surface area contributed by atoms with Crippen LogP contribution in [0.25, 0.3) is 0 Å². The molecule has 0 unspecified atom stereocenters. The number of amides is 2. The third-order valence-corrected chi connectivity index (χ3v) is 2.69. The highest BCUT2D eigenvalue weighted by molar-refractivity contribution is 5.96. The Labute approximate surface area is 117 Å². The van der Waals surface area contributed by atoms with Crippen molar-refractivity contribution in [3.8, 4) is 0 Å². The molecule has 2 rings (SSSR count). The molecule has 2 N–H and O–H groups in total. The topological polar surface area (TPSA) is 71.3 Å². The fraction of sp³-hybridized carbons (Fsp3) is 0.200. The van der Waals surface area contributed by atoms with Crippen LogP contribution in [0.15, 0.2) is 53.1 Å². The van der Waals surface area contributed by atoms with E-state index in [-0.39, 0.29) is 24.8 Å². The monoisotopic (exact) mass is 272 g/mol. The number of hydrogen-bond donors (Lipinski definition) is 2. The largest absolute Gasteiger partial charge is 0.467 e. The molecular weight excluding hydrogens is 256 g/mol. The molecule has 5 heteroatoms. The normalized spacial score (nSPS) is 10.0. The van der Waals surface area contributed by atoms with Gasteiger partial charge in [0.05, 0.1) is 12.8 Å². The first kappa shape index (κ1) is 13.9. The average Bonchev–Trinajstić information content (AvgIpc) is 2.97. The van der Waals surface area contributed by atoms with Gasteiger partial charge < -0.3 is 15.1 Å². The van der Waals surface area contributed by atoms with E-state index in [1.807, 2.05) is 30.3 Å². The Kier molecular flexibility index (Phi) is 4.94. The van der Waals surface area contributed by atoms with Gasteiger partial charge in [-0.25, -0.2) is 0 Å².